The van der Waals surface area contributed by atoms with Crippen LogP contribution in [-0.4, -0.2) is 21.5 Å². The lowest BCUT2D eigenvalue weighted by molar-refractivity contribution is 0.0971. The molecule has 0 spiro atoms. The maximum absolute atomic E-state index is 13.3. The molecule has 3 aromatic carbocycles. The SMILES string of the molecule is CCOc1ccc(C(=O)Cn2c(=O)n(Cc3ccccc3)c(=O)c3ccccc32)cc1Cl. The molecule has 6 nitrogen and oxygen atoms in total. The lowest BCUT2D eigenvalue weighted by atomic mass is 10.1. The number of para-hydroxylation sites is 1. The fourth-order valence-corrected chi connectivity index (χ4v) is 3.85. The fourth-order valence-electron chi connectivity index (χ4n) is 3.61. The Bertz CT molecular complexity index is 1410. The van der Waals surface area contributed by atoms with Gasteiger partial charge in [0.1, 0.15) is 5.75 Å². The van der Waals surface area contributed by atoms with Crippen LogP contribution in [0.3, 0.4) is 0 Å². The van der Waals surface area contributed by atoms with Gasteiger partial charge in [0.2, 0.25) is 0 Å². The summed E-state index contributed by atoms with van der Waals surface area (Å²) >= 11 is 6.23. The average molecular weight is 449 g/mol. The van der Waals surface area contributed by atoms with Crippen molar-refractivity contribution in [2.45, 2.75) is 20.0 Å². The molecule has 0 amide bonds. The first-order valence-electron chi connectivity index (χ1n) is 10.2. The first kappa shape index (κ1) is 21.6. The fraction of sp³-hybridized carbons (Fsp3) is 0.160. The summed E-state index contributed by atoms with van der Waals surface area (Å²) in [6, 6.07) is 20.8. The third-order valence-corrected chi connectivity index (χ3v) is 5.47. The predicted octanol–water partition coefficient (Wildman–Crippen LogP) is 4.15. The Balaban J connectivity index is 1.78. The van der Waals surface area contributed by atoms with E-state index in [1.54, 1.807) is 36.4 Å². The Morgan fingerprint density at radius 1 is 0.938 bits per heavy atom. The predicted molar refractivity (Wildman–Crippen MR) is 125 cm³/mol. The summed E-state index contributed by atoms with van der Waals surface area (Å²) in [4.78, 5) is 39.4. The summed E-state index contributed by atoms with van der Waals surface area (Å²) in [5, 5.41) is 0.699. The molecule has 162 valence electrons. The normalized spacial score (nSPS) is 10.9. The Kier molecular flexibility index (Phi) is 6.23. The Morgan fingerprint density at radius 2 is 1.66 bits per heavy atom. The Hall–Kier alpha value is -3.64. The number of aromatic nitrogens is 2. The molecular formula is C25H21ClN2O4. The molecule has 4 rings (SSSR count). The van der Waals surface area contributed by atoms with Crippen molar-refractivity contribution >= 4 is 28.3 Å². The lowest BCUT2D eigenvalue weighted by Gasteiger charge is -2.14. The molecule has 0 saturated carbocycles. The number of nitrogens with zero attached hydrogens (tertiary/aromatic N) is 2. The molecule has 1 aromatic heterocycles. The van der Waals surface area contributed by atoms with Crippen LogP contribution < -0.4 is 16.0 Å². The van der Waals surface area contributed by atoms with Crippen molar-refractivity contribution in [3.63, 3.8) is 0 Å². The van der Waals surface area contributed by atoms with E-state index in [4.69, 9.17) is 16.3 Å². The largest absolute Gasteiger partial charge is 0.492 e. The van der Waals surface area contributed by atoms with Crippen molar-refractivity contribution in [1.29, 1.82) is 0 Å². The number of benzene rings is 3. The number of carbonyl (C=O) groups is 1. The molecule has 0 N–H and O–H groups in total. The molecule has 0 saturated heterocycles. The van der Waals surface area contributed by atoms with Crippen LogP contribution in [-0.2, 0) is 13.1 Å². The van der Waals surface area contributed by atoms with Gasteiger partial charge in [0, 0.05) is 5.56 Å². The second-order valence-electron chi connectivity index (χ2n) is 7.26. The van der Waals surface area contributed by atoms with E-state index >= 15 is 0 Å². The number of rotatable bonds is 7. The maximum atomic E-state index is 13.3. The van der Waals surface area contributed by atoms with Crippen LogP contribution in [0.25, 0.3) is 10.9 Å². The number of ketones is 1. The second-order valence-corrected chi connectivity index (χ2v) is 7.67. The van der Waals surface area contributed by atoms with Gasteiger partial charge in [0.05, 0.1) is 35.6 Å². The third-order valence-electron chi connectivity index (χ3n) is 5.17. The molecule has 0 aliphatic rings. The van der Waals surface area contributed by atoms with E-state index in [-0.39, 0.29) is 24.4 Å². The van der Waals surface area contributed by atoms with Crippen molar-refractivity contribution in [3.05, 3.63) is 110 Å². The molecule has 0 bridgehead atoms. The van der Waals surface area contributed by atoms with Crippen molar-refractivity contribution in [3.8, 4) is 5.75 Å². The van der Waals surface area contributed by atoms with Crippen LogP contribution >= 0.6 is 11.6 Å². The van der Waals surface area contributed by atoms with Crippen LogP contribution in [0.1, 0.15) is 22.8 Å². The first-order valence-corrected chi connectivity index (χ1v) is 10.6. The summed E-state index contributed by atoms with van der Waals surface area (Å²) in [5.74, 6) is 0.192. The number of hydrogen-bond donors (Lipinski definition) is 0. The van der Waals surface area contributed by atoms with Gasteiger partial charge < -0.3 is 4.74 Å². The first-order chi connectivity index (χ1) is 15.5. The van der Waals surface area contributed by atoms with Gasteiger partial charge >= 0.3 is 5.69 Å². The van der Waals surface area contributed by atoms with Crippen LogP contribution in [0.2, 0.25) is 5.02 Å². The maximum Gasteiger partial charge on any atom is 0.332 e. The van der Waals surface area contributed by atoms with Crippen LogP contribution in [0.15, 0.2) is 82.4 Å². The highest BCUT2D eigenvalue weighted by atomic mass is 35.5. The summed E-state index contributed by atoms with van der Waals surface area (Å²) in [6.45, 7) is 2.19. The summed E-state index contributed by atoms with van der Waals surface area (Å²) < 4.78 is 7.92. The molecule has 0 radical (unpaired) electrons. The van der Waals surface area contributed by atoms with E-state index in [0.29, 0.717) is 33.8 Å². The van der Waals surface area contributed by atoms with Crippen molar-refractivity contribution in [1.82, 2.24) is 9.13 Å². The Morgan fingerprint density at radius 3 is 2.38 bits per heavy atom. The van der Waals surface area contributed by atoms with E-state index in [1.807, 2.05) is 37.3 Å². The molecule has 7 heteroatoms. The van der Waals surface area contributed by atoms with Crippen molar-refractivity contribution < 1.29 is 9.53 Å². The van der Waals surface area contributed by atoms with E-state index in [9.17, 15) is 14.4 Å². The van der Waals surface area contributed by atoms with Crippen LogP contribution in [0.5, 0.6) is 5.75 Å². The van der Waals surface area contributed by atoms with Gasteiger partial charge in [0.15, 0.2) is 5.78 Å². The minimum Gasteiger partial charge on any atom is -0.492 e. The number of fused-ring (bicyclic) bond motifs is 1. The van der Waals surface area contributed by atoms with Gasteiger partial charge in [-0.3, -0.25) is 18.7 Å². The van der Waals surface area contributed by atoms with Gasteiger partial charge in [0.25, 0.3) is 5.56 Å². The summed E-state index contributed by atoms with van der Waals surface area (Å²) in [7, 11) is 0. The molecule has 1 heterocycles. The molecular weight excluding hydrogens is 428 g/mol. The topological polar surface area (TPSA) is 70.3 Å². The molecule has 0 aliphatic carbocycles. The summed E-state index contributed by atoms with van der Waals surface area (Å²) in [5.41, 5.74) is 0.663. The highest BCUT2D eigenvalue weighted by molar-refractivity contribution is 6.32. The van der Waals surface area contributed by atoms with E-state index in [1.165, 1.54) is 10.6 Å². The average Bonchev–Trinajstić information content (AvgIpc) is 2.81. The highest BCUT2D eigenvalue weighted by Crippen LogP contribution is 2.26. The van der Waals surface area contributed by atoms with Crippen molar-refractivity contribution in [2.24, 2.45) is 0 Å². The van der Waals surface area contributed by atoms with E-state index < -0.39 is 5.69 Å². The third kappa shape index (κ3) is 4.22. The zero-order valence-corrected chi connectivity index (χ0v) is 18.2. The van der Waals surface area contributed by atoms with Gasteiger partial charge in [-0.15, -0.1) is 0 Å². The van der Waals surface area contributed by atoms with Crippen LogP contribution in [0.4, 0.5) is 0 Å². The molecule has 32 heavy (non-hydrogen) atoms. The zero-order valence-electron chi connectivity index (χ0n) is 17.5. The summed E-state index contributed by atoms with van der Waals surface area (Å²) in [6.07, 6.45) is 0. The molecule has 0 unspecified atom stereocenters. The second kappa shape index (κ2) is 9.24. The van der Waals surface area contributed by atoms with Gasteiger partial charge in [-0.25, -0.2) is 4.79 Å². The number of carbonyl (C=O) groups excluding carboxylic acids is 1. The van der Waals surface area contributed by atoms with Crippen LogP contribution in [0, 0.1) is 0 Å². The van der Waals surface area contributed by atoms with Crippen molar-refractivity contribution in [2.75, 3.05) is 6.61 Å². The minimum absolute atomic E-state index is 0.117. The van der Waals surface area contributed by atoms with E-state index in [0.717, 1.165) is 10.1 Å². The molecule has 4 aromatic rings. The zero-order chi connectivity index (χ0) is 22.7. The molecule has 0 fully saturated rings. The van der Waals surface area contributed by atoms with E-state index in [2.05, 4.69) is 0 Å². The quantitative estimate of drug-likeness (QED) is 0.398. The molecule has 0 atom stereocenters. The lowest BCUT2D eigenvalue weighted by Crippen LogP contribution is -2.41. The van der Waals surface area contributed by atoms with Gasteiger partial charge in [-0.2, -0.15) is 0 Å². The number of halogens is 1. The Labute approximate surface area is 189 Å². The number of hydrogen-bond acceptors (Lipinski definition) is 4. The smallest absolute Gasteiger partial charge is 0.332 e. The van der Waals surface area contributed by atoms with Gasteiger partial charge in [-0.1, -0.05) is 54.1 Å². The monoisotopic (exact) mass is 448 g/mol. The molecule has 0 aliphatic heterocycles. The van der Waals surface area contributed by atoms with Gasteiger partial charge in [-0.05, 0) is 42.8 Å². The number of Topliss-reactive ketones (excluding diaryl/α,β-unsaturated/α-hetero) is 1. The standard InChI is InChI=1S/C25H21ClN2O4/c1-2-32-23-13-12-18(14-20(23)26)22(29)16-27-21-11-7-6-10-19(21)24(30)28(25(27)31)15-17-8-4-3-5-9-17/h3-14H,2,15-16H2,1H3. The number of ether oxygens (including phenoxy) is 1. The highest BCUT2D eigenvalue weighted by Gasteiger charge is 2.17. The minimum atomic E-state index is -0.539.